The Labute approximate surface area is 111 Å². The summed E-state index contributed by atoms with van der Waals surface area (Å²) in [5.74, 6) is 0.391. The number of thioether (sulfide) groups is 1. The zero-order chi connectivity index (χ0) is 12.5. The lowest BCUT2D eigenvalue weighted by molar-refractivity contribution is -0.121. The van der Waals surface area contributed by atoms with Crippen LogP contribution in [0.15, 0.2) is 29.2 Å². The Morgan fingerprint density at radius 2 is 2.22 bits per heavy atom. The Morgan fingerprint density at radius 3 is 2.89 bits per heavy atom. The van der Waals surface area contributed by atoms with E-state index < -0.39 is 0 Å². The van der Waals surface area contributed by atoms with Gasteiger partial charge in [-0.1, -0.05) is 18.2 Å². The predicted octanol–water partition coefficient (Wildman–Crippen LogP) is 2.12. The van der Waals surface area contributed by atoms with E-state index in [0.717, 1.165) is 19.3 Å². The van der Waals surface area contributed by atoms with Gasteiger partial charge in [-0.05, 0) is 36.8 Å². The Kier molecular flexibility index (Phi) is 3.00. The highest BCUT2D eigenvalue weighted by Crippen LogP contribution is 2.37. The summed E-state index contributed by atoms with van der Waals surface area (Å²) < 4.78 is 0. The summed E-state index contributed by atoms with van der Waals surface area (Å²) in [6.07, 6.45) is 2.91. The van der Waals surface area contributed by atoms with E-state index in [0.29, 0.717) is 5.92 Å². The normalized spacial score (nSPS) is 22.9. The van der Waals surface area contributed by atoms with Crippen LogP contribution in [0.5, 0.6) is 0 Å². The summed E-state index contributed by atoms with van der Waals surface area (Å²) in [4.78, 5) is 13.3. The molecule has 1 N–H and O–H groups in total. The fraction of sp³-hybridized carbons (Fsp3) is 0.429. The van der Waals surface area contributed by atoms with Crippen molar-refractivity contribution in [3.05, 3.63) is 29.8 Å². The van der Waals surface area contributed by atoms with Gasteiger partial charge in [-0.2, -0.15) is 5.26 Å². The first-order chi connectivity index (χ1) is 8.78. The maximum absolute atomic E-state index is 12.1. The number of amides is 1. The van der Waals surface area contributed by atoms with Crippen LogP contribution in [0.25, 0.3) is 0 Å². The van der Waals surface area contributed by atoms with Crippen LogP contribution in [0.3, 0.4) is 0 Å². The maximum Gasteiger partial charge on any atom is 0.234 e. The summed E-state index contributed by atoms with van der Waals surface area (Å²) in [6, 6.07) is 10.0. The van der Waals surface area contributed by atoms with Crippen LogP contribution in [0.1, 0.15) is 18.4 Å². The first-order valence-corrected chi connectivity index (χ1v) is 7.10. The molecule has 1 aliphatic heterocycles. The largest absolute Gasteiger partial charge is 0.339 e. The number of carbonyl (C=O) groups is 1. The van der Waals surface area contributed by atoms with E-state index in [1.165, 1.54) is 10.5 Å². The molecule has 1 fully saturated rings. The molecule has 0 saturated heterocycles. The molecule has 1 aromatic rings. The summed E-state index contributed by atoms with van der Waals surface area (Å²) in [7, 11) is 0. The van der Waals surface area contributed by atoms with Crippen LogP contribution in [-0.2, 0) is 11.2 Å². The van der Waals surface area contributed by atoms with Crippen molar-refractivity contribution in [2.75, 3.05) is 0 Å². The Morgan fingerprint density at radius 1 is 1.44 bits per heavy atom. The van der Waals surface area contributed by atoms with E-state index in [4.69, 9.17) is 5.26 Å². The van der Waals surface area contributed by atoms with Crippen LogP contribution < -0.4 is 5.32 Å². The number of hydrogen-bond acceptors (Lipinski definition) is 3. The number of carbonyl (C=O) groups excluding carboxylic acids is 1. The van der Waals surface area contributed by atoms with E-state index in [-0.39, 0.29) is 17.2 Å². The third-order valence-corrected chi connectivity index (χ3v) is 4.79. The molecule has 18 heavy (non-hydrogen) atoms. The second kappa shape index (κ2) is 4.66. The van der Waals surface area contributed by atoms with Crippen molar-refractivity contribution in [2.45, 2.75) is 35.4 Å². The average molecular weight is 258 g/mol. The number of fused-ring (bicyclic) bond motifs is 1. The fourth-order valence-electron chi connectivity index (χ4n) is 2.26. The molecular weight excluding hydrogens is 244 g/mol. The molecule has 0 aromatic heterocycles. The standard InChI is InChI=1S/C14H14N2OS/c15-8-11(9-5-6-9)16-14(17)13-7-10-3-1-2-4-12(10)18-13/h1-4,9,11,13H,5-7H2,(H,16,17). The summed E-state index contributed by atoms with van der Waals surface area (Å²) in [5.41, 5.74) is 1.24. The molecule has 4 heteroatoms. The molecule has 3 nitrogen and oxygen atoms in total. The molecule has 0 spiro atoms. The third kappa shape index (κ3) is 2.23. The number of nitrogens with one attached hydrogen (secondary N) is 1. The smallest absolute Gasteiger partial charge is 0.234 e. The van der Waals surface area contributed by atoms with E-state index in [1.807, 2.05) is 12.1 Å². The highest BCUT2D eigenvalue weighted by molar-refractivity contribution is 8.01. The van der Waals surface area contributed by atoms with Gasteiger partial charge in [0.2, 0.25) is 5.91 Å². The van der Waals surface area contributed by atoms with Crippen LogP contribution in [0.2, 0.25) is 0 Å². The van der Waals surface area contributed by atoms with E-state index in [1.54, 1.807) is 11.8 Å². The van der Waals surface area contributed by atoms with Gasteiger partial charge in [0, 0.05) is 4.90 Å². The van der Waals surface area contributed by atoms with Crippen LogP contribution in [0.4, 0.5) is 0 Å². The van der Waals surface area contributed by atoms with Gasteiger partial charge in [-0.3, -0.25) is 4.79 Å². The third-order valence-electron chi connectivity index (χ3n) is 3.47. The van der Waals surface area contributed by atoms with Crippen LogP contribution >= 0.6 is 11.8 Å². The summed E-state index contributed by atoms with van der Waals surface area (Å²) >= 11 is 1.61. The van der Waals surface area contributed by atoms with Crippen molar-refractivity contribution in [3.63, 3.8) is 0 Å². The molecule has 92 valence electrons. The van der Waals surface area contributed by atoms with E-state index in [9.17, 15) is 4.79 Å². The van der Waals surface area contributed by atoms with E-state index >= 15 is 0 Å². The van der Waals surface area contributed by atoms with Crippen LogP contribution in [-0.4, -0.2) is 17.2 Å². The molecule has 2 aliphatic rings. The van der Waals surface area contributed by atoms with Gasteiger partial charge >= 0.3 is 0 Å². The van der Waals surface area contributed by atoms with Crippen LogP contribution in [0, 0.1) is 17.2 Å². The molecular formula is C14H14N2OS. The molecule has 1 aliphatic carbocycles. The molecule has 2 unspecified atom stereocenters. The fourth-order valence-corrected chi connectivity index (χ4v) is 3.46. The number of nitrogens with zero attached hydrogens (tertiary/aromatic N) is 1. The van der Waals surface area contributed by atoms with Gasteiger partial charge in [0.15, 0.2) is 0 Å². The number of nitriles is 1. The predicted molar refractivity (Wildman–Crippen MR) is 70.1 cm³/mol. The van der Waals surface area contributed by atoms with Crippen molar-refractivity contribution in [2.24, 2.45) is 5.92 Å². The minimum atomic E-state index is -0.290. The minimum absolute atomic E-state index is 0.00894. The second-order valence-corrected chi connectivity index (χ2v) is 6.12. The monoisotopic (exact) mass is 258 g/mol. The topological polar surface area (TPSA) is 52.9 Å². The minimum Gasteiger partial charge on any atom is -0.339 e. The molecule has 3 rings (SSSR count). The van der Waals surface area contributed by atoms with Gasteiger partial charge in [-0.15, -0.1) is 11.8 Å². The first kappa shape index (κ1) is 11.6. The van der Waals surface area contributed by atoms with Gasteiger partial charge < -0.3 is 5.32 Å². The summed E-state index contributed by atoms with van der Waals surface area (Å²) in [5, 5.41) is 11.8. The molecule has 2 atom stereocenters. The lowest BCUT2D eigenvalue weighted by Crippen LogP contribution is -2.40. The maximum atomic E-state index is 12.1. The zero-order valence-corrected chi connectivity index (χ0v) is 10.7. The van der Waals surface area contributed by atoms with Gasteiger partial charge in [0.05, 0.1) is 11.3 Å². The second-order valence-electron chi connectivity index (χ2n) is 4.87. The van der Waals surface area contributed by atoms with E-state index in [2.05, 4.69) is 23.5 Å². The highest BCUT2D eigenvalue weighted by atomic mass is 32.2. The Bertz CT molecular complexity index is 494. The molecule has 1 heterocycles. The SMILES string of the molecule is N#CC(NC(=O)C1Cc2ccccc2S1)C1CC1. The molecule has 0 radical (unpaired) electrons. The van der Waals surface area contributed by atoms with Crippen molar-refractivity contribution >= 4 is 17.7 Å². The van der Waals surface area contributed by atoms with Crippen molar-refractivity contribution in [1.82, 2.24) is 5.32 Å². The zero-order valence-electron chi connectivity index (χ0n) is 9.93. The van der Waals surface area contributed by atoms with Gasteiger partial charge in [0.1, 0.15) is 6.04 Å². The Hall–Kier alpha value is -1.47. The van der Waals surface area contributed by atoms with Gasteiger partial charge in [0.25, 0.3) is 0 Å². The van der Waals surface area contributed by atoms with Crippen molar-refractivity contribution in [3.8, 4) is 6.07 Å². The quantitative estimate of drug-likeness (QED) is 0.903. The highest BCUT2D eigenvalue weighted by Gasteiger charge is 2.35. The Balaban J connectivity index is 1.64. The average Bonchev–Trinajstić information content (AvgIpc) is 3.13. The molecule has 1 saturated carbocycles. The van der Waals surface area contributed by atoms with Gasteiger partial charge in [-0.25, -0.2) is 0 Å². The number of rotatable bonds is 3. The molecule has 0 bridgehead atoms. The summed E-state index contributed by atoms with van der Waals surface area (Å²) in [6.45, 7) is 0. The number of hydrogen-bond donors (Lipinski definition) is 1. The van der Waals surface area contributed by atoms with Crippen molar-refractivity contribution in [1.29, 1.82) is 5.26 Å². The first-order valence-electron chi connectivity index (χ1n) is 6.22. The lowest BCUT2D eigenvalue weighted by Gasteiger charge is -2.13. The molecule has 1 amide bonds. The lowest BCUT2D eigenvalue weighted by atomic mass is 10.1. The molecule has 1 aromatic carbocycles. The van der Waals surface area contributed by atoms with Crippen molar-refractivity contribution < 1.29 is 4.79 Å². The number of benzene rings is 1.